The maximum atomic E-state index is 8.86. The normalized spacial score (nSPS) is 53.9. The Bertz CT molecular complexity index is 357. The van der Waals surface area contributed by atoms with Crippen molar-refractivity contribution in [1.29, 1.82) is 0 Å². The first-order chi connectivity index (χ1) is 8.24. The lowest BCUT2D eigenvalue weighted by molar-refractivity contribution is 0.102. The lowest BCUT2D eigenvalue weighted by Crippen LogP contribution is -2.32. The molecule has 4 aliphatic rings. The highest BCUT2D eigenvalue weighted by molar-refractivity contribution is 7.39. The van der Waals surface area contributed by atoms with E-state index in [4.69, 9.17) is 14.3 Å². The molecule has 0 heterocycles. The summed E-state index contributed by atoms with van der Waals surface area (Å²) in [7, 11) is -2.16. The van der Waals surface area contributed by atoms with E-state index in [1.165, 1.54) is 19.3 Å². The van der Waals surface area contributed by atoms with E-state index in [2.05, 4.69) is 12.2 Å². The molecule has 3 saturated carbocycles. The van der Waals surface area contributed by atoms with Gasteiger partial charge in [-0.25, -0.2) is 0 Å². The van der Waals surface area contributed by atoms with Gasteiger partial charge in [-0.2, -0.15) is 0 Å². The van der Waals surface area contributed by atoms with Crippen LogP contribution < -0.4 is 0 Å². The molecular formula is C13H19O3P. The van der Waals surface area contributed by atoms with Gasteiger partial charge in [-0.3, -0.25) is 0 Å². The van der Waals surface area contributed by atoms with Crippen molar-refractivity contribution >= 4 is 8.60 Å². The lowest BCUT2D eigenvalue weighted by atomic mass is 9.70. The average molecular weight is 254 g/mol. The standard InChI is InChI=1S/C13H19O3P/c14-17(15)16-6-10-4-9-5-11(10)13-8-2-1-7(3-8)12(9)13/h1-2,7-15H,3-6H2. The summed E-state index contributed by atoms with van der Waals surface area (Å²) in [4.78, 5) is 17.7. The van der Waals surface area contributed by atoms with Crippen LogP contribution in [0.1, 0.15) is 19.3 Å². The summed E-state index contributed by atoms with van der Waals surface area (Å²) in [5.41, 5.74) is 0. The van der Waals surface area contributed by atoms with Crippen molar-refractivity contribution in [3.8, 4) is 0 Å². The lowest BCUT2D eigenvalue weighted by Gasteiger charge is -2.36. The summed E-state index contributed by atoms with van der Waals surface area (Å²) < 4.78 is 5.06. The molecule has 0 aromatic carbocycles. The number of fused-ring (bicyclic) bond motifs is 9. The molecule has 7 atom stereocenters. The minimum Gasteiger partial charge on any atom is -0.328 e. The van der Waals surface area contributed by atoms with Gasteiger partial charge in [0.1, 0.15) is 0 Å². The molecule has 4 bridgehead atoms. The van der Waals surface area contributed by atoms with Crippen molar-refractivity contribution in [3.05, 3.63) is 12.2 Å². The highest BCUT2D eigenvalue weighted by Gasteiger charge is 2.60. The first-order valence-electron chi connectivity index (χ1n) is 6.73. The summed E-state index contributed by atoms with van der Waals surface area (Å²) >= 11 is 0. The van der Waals surface area contributed by atoms with E-state index in [1.54, 1.807) is 0 Å². The molecule has 0 spiro atoms. The van der Waals surface area contributed by atoms with Crippen LogP contribution in [0.3, 0.4) is 0 Å². The zero-order chi connectivity index (χ0) is 11.6. The zero-order valence-electron chi connectivity index (χ0n) is 9.77. The molecule has 17 heavy (non-hydrogen) atoms. The molecule has 4 heteroatoms. The van der Waals surface area contributed by atoms with Gasteiger partial charge in [-0.1, -0.05) is 12.2 Å². The molecule has 0 aromatic heterocycles. The number of allylic oxidation sites excluding steroid dienone is 2. The van der Waals surface area contributed by atoms with E-state index in [1.807, 2.05) is 0 Å². The summed E-state index contributed by atoms with van der Waals surface area (Å²) in [6.07, 6.45) is 8.91. The Labute approximate surface area is 103 Å². The first kappa shape index (κ1) is 10.9. The predicted octanol–water partition coefficient (Wildman–Crippen LogP) is 2.31. The van der Waals surface area contributed by atoms with Crippen molar-refractivity contribution in [2.45, 2.75) is 19.3 Å². The summed E-state index contributed by atoms with van der Waals surface area (Å²) in [5, 5.41) is 0. The van der Waals surface area contributed by atoms with Gasteiger partial charge in [0.15, 0.2) is 0 Å². The molecule has 0 radical (unpaired) electrons. The molecule has 4 rings (SSSR count). The maximum absolute atomic E-state index is 8.86. The Morgan fingerprint density at radius 2 is 1.82 bits per heavy atom. The summed E-state index contributed by atoms with van der Waals surface area (Å²) in [6.45, 7) is 0.560. The maximum Gasteiger partial charge on any atom is 0.327 e. The molecule has 7 unspecified atom stereocenters. The monoisotopic (exact) mass is 254 g/mol. The zero-order valence-corrected chi connectivity index (χ0v) is 10.7. The highest BCUT2D eigenvalue weighted by Crippen LogP contribution is 2.67. The largest absolute Gasteiger partial charge is 0.328 e. The Morgan fingerprint density at radius 1 is 1.06 bits per heavy atom. The van der Waals surface area contributed by atoms with E-state index < -0.39 is 8.60 Å². The van der Waals surface area contributed by atoms with Gasteiger partial charge < -0.3 is 14.3 Å². The van der Waals surface area contributed by atoms with E-state index >= 15 is 0 Å². The van der Waals surface area contributed by atoms with Crippen LogP contribution >= 0.6 is 8.60 Å². The van der Waals surface area contributed by atoms with Gasteiger partial charge in [0.05, 0.1) is 6.61 Å². The van der Waals surface area contributed by atoms with Crippen LogP contribution in [0.2, 0.25) is 0 Å². The Kier molecular flexibility index (Phi) is 2.42. The van der Waals surface area contributed by atoms with E-state index in [-0.39, 0.29) is 0 Å². The minimum atomic E-state index is -2.16. The molecule has 0 aliphatic heterocycles. The SMILES string of the molecule is OP(O)OCC1CC2CC1C1C3C=CC(C3)C21. The van der Waals surface area contributed by atoms with Crippen LogP contribution in [0.5, 0.6) is 0 Å². The fourth-order valence-electron chi connectivity index (χ4n) is 5.51. The fraction of sp³-hybridized carbons (Fsp3) is 0.846. The van der Waals surface area contributed by atoms with E-state index in [0.717, 1.165) is 35.5 Å². The van der Waals surface area contributed by atoms with Gasteiger partial charge in [0.25, 0.3) is 0 Å². The third-order valence-corrected chi connectivity index (χ3v) is 6.19. The molecule has 4 aliphatic carbocycles. The summed E-state index contributed by atoms with van der Waals surface area (Å²) in [6, 6.07) is 0. The van der Waals surface area contributed by atoms with E-state index in [0.29, 0.717) is 12.5 Å². The van der Waals surface area contributed by atoms with Gasteiger partial charge in [-0.15, -0.1) is 0 Å². The van der Waals surface area contributed by atoms with Gasteiger partial charge in [-0.05, 0) is 60.7 Å². The quantitative estimate of drug-likeness (QED) is 0.461. The van der Waals surface area contributed by atoms with Crippen molar-refractivity contribution < 1.29 is 14.3 Å². The van der Waals surface area contributed by atoms with Crippen molar-refractivity contribution in [2.24, 2.45) is 41.4 Å². The van der Waals surface area contributed by atoms with Crippen LogP contribution in [-0.4, -0.2) is 16.4 Å². The third-order valence-electron chi connectivity index (χ3n) is 5.81. The molecule has 2 N–H and O–H groups in total. The minimum absolute atomic E-state index is 0.560. The molecule has 0 amide bonds. The van der Waals surface area contributed by atoms with Gasteiger partial charge in [0, 0.05) is 0 Å². The van der Waals surface area contributed by atoms with Crippen molar-refractivity contribution in [3.63, 3.8) is 0 Å². The highest BCUT2D eigenvalue weighted by atomic mass is 31.2. The Balaban J connectivity index is 1.50. The van der Waals surface area contributed by atoms with Crippen LogP contribution in [0, 0.1) is 41.4 Å². The van der Waals surface area contributed by atoms with Crippen LogP contribution in [0.15, 0.2) is 12.2 Å². The molecule has 3 fully saturated rings. The van der Waals surface area contributed by atoms with Crippen LogP contribution in [0.4, 0.5) is 0 Å². The average Bonchev–Trinajstić information content (AvgIpc) is 3.03. The molecule has 0 aromatic rings. The smallest absolute Gasteiger partial charge is 0.327 e. The second-order valence-corrected chi connectivity index (χ2v) is 7.07. The Morgan fingerprint density at radius 3 is 2.59 bits per heavy atom. The topological polar surface area (TPSA) is 49.7 Å². The second-order valence-electron chi connectivity index (χ2n) is 6.31. The fourth-order valence-corrected chi connectivity index (χ4v) is 5.83. The Hall–Kier alpha value is 0.0500. The number of rotatable bonds is 3. The van der Waals surface area contributed by atoms with Gasteiger partial charge in [0.2, 0.25) is 0 Å². The van der Waals surface area contributed by atoms with Gasteiger partial charge >= 0.3 is 8.60 Å². The number of hydrogen-bond acceptors (Lipinski definition) is 3. The van der Waals surface area contributed by atoms with E-state index in [9.17, 15) is 0 Å². The number of hydrogen-bond donors (Lipinski definition) is 2. The molecule has 0 saturated heterocycles. The predicted molar refractivity (Wildman–Crippen MR) is 64.7 cm³/mol. The summed E-state index contributed by atoms with van der Waals surface area (Å²) in [5.74, 6) is 5.81. The third kappa shape index (κ3) is 1.49. The van der Waals surface area contributed by atoms with Crippen molar-refractivity contribution in [2.75, 3.05) is 6.61 Å². The van der Waals surface area contributed by atoms with Crippen molar-refractivity contribution in [1.82, 2.24) is 0 Å². The van der Waals surface area contributed by atoms with Crippen LogP contribution in [0.25, 0.3) is 0 Å². The first-order valence-corrected chi connectivity index (χ1v) is 7.89. The molecular weight excluding hydrogens is 235 g/mol. The molecule has 94 valence electrons. The van der Waals surface area contributed by atoms with Crippen LogP contribution in [-0.2, 0) is 4.52 Å². The molecule has 3 nitrogen and oxygen atoms in total. The second kappa shape index (κ2) is 3.77.